The molecule has 0 aromatic carbocycles. The van der Waals surface area contributed by atoms with E-state index in [1.807, 2.05) is 0 Å². The van der Waals surface area contributed by atoms with Crippen LogP contribution in [0.2, 0.25) is 0 Å². The summed E-state index contributed by atoms with van der Waals surface area (Å²) in [5.74, 6) is 0.951. The van der Waals surface area contributed by atoms with E-state index in [0.29, 0.717) is 11.1 Å². The largest absolute Gasteiger partial charge is 0.308 e. The highest BCUT2D eigenvalue weighted by Crippen LogP contribution is 2.45. The van der Waals surface area contributed by atoms with Crippen LogP contribution in [-0.2, 0) is 0 Å². The summed E-state index contributed by atoms with van der Waals surface area (Å²) in [5.41, 5.74) is 0.761. The van der Waals surface area contributed by atoms with Crippen LogP contribution in [0, 0.1) is 5.92 Å². The van der Waals surface area contributed by atoms with Crippen LogP contribution >= 0.6 is 0 Å². The normalized spacial score (nSPS) is 35.4. The highest BCUT2D eigenvalue weighted by Gasteiger charge is 2.49. The van der Waals surface area contributed by atoms with Crippen LogP contribution in [-0.4, -0.2) is 35.6 Å². The minimum absolute atomic E-state index is 0.331. The molecule has 2 unspecified atom stereocenters. The van der Waals surface area contributed by atoms with Gasteiger partial charge in [-0.3, -0.25) is 4.90 Å². The standard InChI is InChI=1S/C18H36N2/c1-5-7-8-9-10-13-20-15-17(3,6-2)19-14-18(20,4)16-11-12-16/h16,19H,5-15H2,1-4H3. The SMILES string of the molecule is CCCCCCCN1CC(C)(CC)NCC1(C)C1CC1. The number of hydrogen-bond donors (Lipinski definition) is 1. The summed E-state index contributed by atoms with van der Waals surface area (Å²) >= 11 is 0. The van der Waals surface area contributed by atoms with Gasteiger partial charge in [0.25, 0.3) is 0 Å². The zero-order valence-corrected chi connectivity index (χ0v) is 14.3. The van der Waals surface area contributed by atoms with Gasteiger partial charge in [0.15, 0.2) is 0 Å². The lowest BCUT2D eigenvalue weighted by Gasteiger charge is -2.53. The predicted octanol–water partition coefficient (Wildman–Crippen LogP) is 4.20. The smallest absolute Gasteiger partial charge is 0.0334 e. The quantitative estimate of drug-likeness (QED) is 0.670. The molecule has 0 radical (unpaired) electrons. The van der Waals surface area contributed by atoms with E-state index < -0.39 is 0 Å². The Bertz CT molecular complexity index is 300. The second-order valence-corrected chi connectivity index (χ2v) is 7.73. The Hall–Kier alpha value is -0.0800. The lowest BCUT2D eigenvalue weighted by Crippen LogP contribution is -2.68. The van der Waals surface area contributed by atoms with Crippen molar-refractivity contribution in [3.05, 3.63) is 0 Å². The average molecular weight is 281 g/mol. The molecule has 0 aromatic rings. The third kappa shape index (κ3) is 3.76. The fraction of sp³-hybridized carbons (Fsp3) is 1.00. The third-order valence-corrected chi connectivity index (χ3v) is 5.90. The van der Waals surface area contributed by atoms with Gasteiger partial charge < -0.3 is 5.32 Å². The van der Waals surface area contributed by atoms with Gasteiger partial charge in [-0.15, -0.1) is 0 Å². The molecular weight excluding hydrogens is 244 g/mol. The van der Waals surface area contributed by atoms with Crippen LogP contribution in [0.3, 0.4) is 0 Å². The maximum Gasteiger partial charge on any atom is 0.0334 e. The van der Waals surface area contributed by atoms with Crippen molar-refractivity contribution in [2.75, 3.05) is 19.6 Å². The van der Waals surface area contributed by atoms with Gasteiger partial charge in [-0.05, 0) is 52.0 Å². The molecule has 0 spiro atoms. The molecule has 2 atom stereocenters. The molecule has 1 N–H and O–H groups in total. The summed E-state index contributed by atoms with van der Waals surface area (Å²) in [6.45, 7) is 13.3. The van der Waals surface area contributed by atoms with Crippen molar-refractivity contribution in [1.29, 1.82) is 0 Å². The number of piperazine rings is 1. The molecule has 2 heteroatoms. The molecule has 0 aromatic heterocycles. The zero-order valence-electron chi connectivity index (χ0n) is 14.3. The van der Waals surface area contributed by atoms with E-state index in [-0.39, 0.29) is 0 Å². The van der Waals surface area contributed by atoms with E-state index in [9.17, 15) is 0 Å². The monoisotopic (exact) mass is 280 g/mol. The Balaban J connectivity index is 1.88. The van der Waals surface area contributed by atoms with Gasteiger partial charge in [0.05, 0.1) is 0 Å². The fourth-order valence-corrected chi connectivity index (χ4v) is 3.75. The molecule has 20 heavy (non-hydrogen) atoms. The van der Waals surface area contributed by atoms with Crippen molar-refractivity contribution in [2.45, 2.75) is 90.1 Å². The molecule has 1 saturated carbocycles. The second kappa shape index (κ2) is 6.79. The van der Waals surface area contributed by atoms with Crippen LogP contribution in [0.25, 0.3) is 0 Å². The lowest BCUT2D eigenvalue weighted by molar-refractivity contribution is 0.00402. The molecule has 2 rings (SSSR count). The molecule has 1 aliphatic carbocycles. The van der Waals surface area contributed by atoms with Crippen molar-refractivity contribution >= 4 is 0 Å². The van der Waals surface area contributed by atoms with Crippen molar-refractivity contribution < 1.29 is 0 Å². The Morgan fingerprint density at radius 1 is 1.05 bits per heavy atom. The van der Waals surface area contributed by atoms with Gasteiger partial charge in [0.2, 0.25) is 0 Å². The van der Waals surface area contributed by atoms with Crippen molar-refractivity contribution in [1.82, 2.24) is 10.2 Å². The first-order chi connectivity index (χ1) is 9.54. The van der Waals surface area contributed by atoms with Crippen LogP contribution in [0.5, 0.6) is 0 Å². The molecule has 118 valence electrons. The second-order valence-electron chi connectivity index (χ2n) is 7.73. The van der Waals surface area contributed by atoms with E-state index in [0.717, 1.165) is 5.92 Å². The molecule has 1 aliphatic heterocycles. The fourth-order valence-electron chi connectivity index (χ4n) is 3.75. The van der Waals surface area contributed by atoms with Gasteiger partial charge >= 0.3 is 0 Å². The van der Waals surface area contributed by atoms with Crippen LogP contribution < -0.4 is 5.32 Å². The summed E-state index contributed by atoms with van der Waals surface area (Å²) in [7, 11) is 0. The molecule has 1 saturated heterocycles. The van der Waals surface area contributed by atoms with Crippen LogP contribution in [0.4, 0.5) is 0 Å². The number of nitrogens with one attached hydrogen (secondary N) is 1. The van der Waals surface area contributed by atoms with E-state index in [2.05, 4.69) is 37.9 Å². The molecular formula is C18H36N2. The van der Waals surface area contributed by atoms with Gasteiger partial charge in [-0.2, -0.15) is 0 Å². The molecule has 0 bridgehead atoms. The van der Waals surface area contributed by atoms with Gasteiger partial charge in [-0.1, -0.05) is 39.5 Å². The Labute approximate surface area is 126 Å². The first kappa shape index (κ1) is 16.3. The number of rotatable bonds is 8. The number of hydrogen-bond acceptors (Lipinski definition) is 2. The maximum absolute atomic E-state index is 3.86. The summed E-state index contributed by atoms with van der Waals surface area (Å²) in [6.07, 6.45) is 11.1. The average Bonchev–Trinajstić information content (AvgIpc) is 3.27. The van der Waals surface area contributed by atoms with Gasteiger partial charge in [0.1, 0.15) is 0 Å². The van der Waals surface area contributed by atoms with E-state index in [1.165, 1.54) is 71.0 Å². The van der Waals surface area contributed by atoms with Gasteiger partial charge in [0, 0.05) is 24.2 Å². The van der Waals surface area contributed by atoms with Gasteiger partial charge in [-0.25, -0.2) is 0 Å². The zero-order chi connectivity index (χ0) is 14.6. The van der Waals surface area contributed by atoms with Crippen LogP contribution in [0.1, 0.15) is 79.1 Å². The minimum Gasteiger partial charge on any atom is -0.308 e. The third-order valence-electron chi connectivity index (χ3n) is 5.90. The Morgan fingerprint density at radius 3 is 2.35 bits per heavy atom. The van der Waals surface area contributed by atoms with Crippen LogP contribution in [0.15, 0.2) is 0 Å². The summed E-state index contributed by atoms with van der Waals surface area (Å²) in [4.78, 5) is 2.84. The topological polar surface area (TPSA) is 15.3 Å². The van der Waals surface area contributed by atoms with Crippen molar-refractivity contribution in [3.8, 4) is 0 Å². The number of nitrogens with zero attached hydrogens (tertiary/aromatic N) is 1. The molecule has 2 aliphatic rings. The summed E-state index contributed by atoms with van der Waals surface area (Å²) < 4.78 is 0. The molecule has 0 amide bonds. The maximum atomic E-state index is 3.86. The lowest BCUT2D eigenvalue weighted by atomic mass is 9.84. The summed E-state index contributed by atoms with van der Waals surface area (Å²) in [5, 5.41) is 3.86. The van der Waals surface area contributed by atoms with E-state index in [1.54, 1.807) is 0 Å². The first-order valence-corrected chi connectivity index (χ1v) is 9.04. The molecule has 2 nitrogen and oxygen atoms in total. The molecule has 1 heterocycles. The highest BCUT2D eigenvalue weighted by molar-refractivity contribution is 5.07. The summed E-state index contributed by atoms with van der Waals surface area (Å²) in [6, 6.07) is 0. The number of unbranched alkanes of at least 4 members (excludes halogenated alkanes) is 4. The van der Waals surface area contributed by atoms with E-state index in [4.69, 9.17) is 0 Å². The Kier molecular flexibility index (Phi) is 5.53. The minimum atomic E-state index is 0.331. The molecule has 2 fully saturated rings. The van der Waals surface area contributed by atoms with Crippen molar-refractivity contribution in [2.24, 2.45) is 5.92 Å². The Morgan fingerprint density at radius 2 is 1.75 bits per heavy atom. The van der Waals surface area contributed by atoms with E-state index >= 15 is 0 Å². The predicted molar refractivity (Wildman–Crippen MR) is 88.2 cm³/mol. The van der Waals surface area contributed by atoms with Crippen molar-refractivity contribution in [3.63, 3.8) is 0 Å². The first-order valence-electron chi connectivity index (χ1n) is 9.04. The highest BCUT2D eigenvalue weighted by atomic mass is 15.3.